The molecule has 0 saturated carbocycles. The number of ether oxygens (including phenoxy) is 2. The lowest BCUT2D eigenvalue weighted by molar-refractivity contribution is 0.270. The van der Waals surface area contributed by atoms with Crippen LogP contribution in [0.25, 0.3) is 0 Å². The maximum atomic E-state index is 5.94. The fraction of sp³-hybridized carbons (Fsp3) is 0.438. The van der Waals surface area contributed by atoms with Gasteiger partial charge in [-0.2, -0.15) is 5.10 Å². The van der Waals surface area contributed by atoms with Crippen LogP contribution < -0.4 is 14.8 Å². The minimum Gasteiger partial charge on any atom is -0.493 e. The molecular weight excluding hydrogens is 266 g/mol. The first-order chi connectivity index (χ1) is 10.2. The molecule has 0 bridgehead atoms. The molecule has 21 heavy (non-hydrogen) atoms. The first-order valence-electron chi connectivity index (χ1n) is 7.20. The number of nitrogens with one attached hydrogen (secondary N) is 1. The Bertz CT molecular complexity index is 538. The molecule has 0 amide bonds. The summed E-state index contributed by atoms with van der Waals surface area (Å²) in [5.41, 5.74) is 1.10. The molecule has 1 N–H and O–H groups in total. The van der Waals surface area contributed by atoms with E-state index in [0.29, 0.717) is 19.2 Å². The molecule has 0 atom stereocenters. The van der Waals surface area contributed by atoms with Crippen molar-refractivity contribution >= 4 is 0 Å². The van der Waals surface area contributed by atoms with Crippen molar-refractivity contribution in [3.8, 4) is 11.5 Å². The number of nitrogens with zero attached hydrogens (tertiary/aromatic N) is 2. The molecule has 2 aromatic rings. The Kier molecular flexibility index (Phi) is 5.63. The van der Waals surface area contributed by atoms with Crippen LogP contribution in [0.5, 0.6) is 11.5 Å². The molecular formula is C16H23N3O2. The SMILES string of the molecule is COc1cccc(CNC(C)C)c1OCCn1cccn1. The van der Waals surface area contributed by atoms with Crippen molar-refractivity contribution in [1.29, 1.82) is 0 Å². The molecule has 114 valence electrons. The summed E-state index contributed by atoms with van der Waals surface area (Å²) in [5.74, 6) is 1.57. The third-order valence-corrected chi connectivity index (χ3v) is 3.11. The van der Waals surface area contributed by atoms with Gasteiger partial charge in [0.25, 0.3) is 0 Å². The van der Waals surface area contributed by atoms with Gasteiger partial charge in [0.15, 0.2) is 11.5 Å². The first-order valence-corrected chi connectivity index (χ1v) is 7.20. The summed E-state index contributed by atoms with van der Waals surface area (Å²) >= 11 is 0. The van der Waals surface area contributed by atoms with Crippen LogP contribution in [0.4, 0.5) is 0 Å². The van der Waals surface area contributed by atoms with Crippen LogP contribution in [0.1, 0.15) is 19.4 Å². The Morgan fingerprint density at radius 2 is 2.14 bits per heavy atom. The summed E-state index contributed by atoms with van der Waals surface area (Å²) in [6.45, 7) is 6.27. The summed E-state index contributed by atoms with van der Waals surface area (Å²) in [4.78, 5) is 0. The molecule has 0 fully saturated rings. The van der Waals surface area contributed by atoms with Crippen molar-refractivity contribution in [2.24, 2.45) is 0 Å². The number of hydrogen-bond donors (Lipinski definition) is 1. The Labute approximate surface area is 125 Å². The topological polar surface area (TPSA) is 48.3 Å². The van der Waals surface area contributed by atoms with Gasteiger partial charge in [-0.25, -0.2) is 0 Å². The molecule has 1 heterocycles. The van der Waals surface area contributed by atoms with E-state index in [1.165, 1.54) is 0 Å². The number of benzene rings is 1. The van der Waals surface area contributed by atoms with Crippen molar-refractivity contribution in [3.05, 3.63) is 42.2 Å². The van der Waals surface area contributed by atoms with E-state index in [1.54, 1.807) is 13.3 Å². The van der Waals surface area contributed by atoms with Gasteiger partial charge in [0.05, 0.1) is 13.7 Å². The molecule has 0 spiro atoms. The van der Waals surface area contributed by atoms with Crippen LogP contribution in [0, 0.1) is 0 Å². The van der Waals surface area contributed by atoms with Gasteiger partial charge in [-0.05, 0) is 12.1 Å². The number of para-hydroxylation sites is 1. The highest BCUT2D eigenvalue weighted by Gasteiger charge is 2.11. The van der Waals surface area contributed by atoms with Crippen LogP contribution >= 0.6 is 0 Å². The van der Waals surface area contributed by atoms with Crippen molar-refractivity contribution in [2.45, 2.75) is 33.0 Å². The monoisotopic (exact) mass is 289 g/mol. The molecule has 0 radical (unpaired) electrons. The standard InChI is InChI=1S/C16H23N3O2/c1-13(2)17-12-14-6-4-7-15(20-3)16(14)21-11-10-19-9-5-8-18-19/h4-9,13,17H,10-12H2,1-3H3. The molecule has 0 saturated heterocycles. The smallest absolute Gasteiger partial charge is 0.165 e. The summed E-state index contributed by atoms with van der Waals surface area (Å²) in [6.07, 6.45) is 3.69. The molecule has 0 aliphatic carbocycles. The lowest BCUT2D eigenvalue weighted by Crippen LogP contribution is -2.22. The molecule has 0 aliphatic rings. The fourth-order valence-electron chi connectivity index (χ4n) is 2.01. The number of methoxy groups -OCH3 is 1. The van der Waals surface area contributed by atoms with Crippen LogP contribution in [0.3, 0.4) is 0 Å². The second-order valence-electron chi connectivity index (χ2n) is 5.10. The average Bonchev–Trinajstić information content (AvgIpc) is 2.99. The predicted octanol–water partition coefficient (Wildman–Crippen LogP) is 2.47. The molecule has 0 aliphatic heterocycles. The minimum absolute atomic E-state index is 0.424. The quantitative estimate of drug-likeness (QED) is 0.811. The lowest BCUT2D eigenvalue weighted by Gasteiger charge is -2.16. The zero-order valence-corrected chi connectivity index (χ0v) is 12.9. The Balaban J connectivity index is 2.03. The molecule has 5 nitrogen and oxygen atoms in total. The van der Waals surface area contributed by atoms with E-state index < -0.39 is 0 Å². The highest BCUT2D eigenvalue weighted by molar-refractivity contribution is 5.46. The summed E-state index contributed by atoms with van der Waals surface area (Å²) in [5, 5.41) is 7.57. The minimum atomic E-state index is 0.424. The van der Waals surface area contributed by atoms with Crippen LogP contribution in [0.15, 0.2) is 36.7 Å². The zero-order chi connectivity index (χ0) is 15.1. The highest BCUT2D eigenvalue weighted by atomic mass is 16.5. The summed E-state index contributed by atoms with van der Waals surface area (Å²) in [7, 11) is 1.66. The molecule has 2 rings (SSSR count). The summed E-state index contributed by atoms with van der Waals surface area (Å²) in [6, 6.07) is 8.29. The van der Waals surface area contributed by atoms with Crippen LogP contribution in [-0.2, 0) is 13.1 Å². The van der Waals surface area contributed by atoms with E-state index >= 15 is 0 Å². The van der Waals surface area contributed by atoms with Crippen molar-refractivity contribution in [3.63, 3.8) is 0 Å². The van der Waals surface area contributed by atoms with Crippen LogP contribution in [-0.4, -0.2) is 29.5 Å². The van der Waals surface area contributed by atoms with Crippen molar-refractivity contribution in [1.82, 2.24) is 15.1 Å². The first kappa shape index (κ1) is 15.4. The van der Waals surface area contributed by atoms with Crippen molar-refractivity contribution < 1.29 is 9.47 Å². The normalized spacial score (nSPS) is 10.9. The Hall–Kier alpha value is -2.01. The van der Waals surface area contributed by atoms with E-state index in [4.69, 9.17) is 9.47 Å². The van der Waals surface area contributed by atoms with Gasteiger partial charge in [0.1, 0.15) is 6.61 Å². The number of rotatable bonds is 8. The highest BCUT2D eigenvalue weighted by Crippen LogP contribution is 2.31. The number of hydrogen-bond acceptors (Lipinski definition) is 4. The van der Waals surface area contributed by atoms with Gasteiger partial charge in [-0.1, -0.05) is 26.0 Å². The Morgan fingerprint density at radius 3 is 2.81 bits per heavy atom. The third-order valence-electron chi connectivity index (χ3n) is 3.11. The van der Waals surface area contributed by atoms with E-state index in [0.717, 1.165) is 23.6 Å². The van der Waals surface area contributed by atoms with Gasteiger partial charge in [-0.3, -0.25) is 4.68 Å². The Morgan fingerprint density at radius 1 is 1.29 bits per heavy atom. The van der Waals surface area contributed by atoms with E-state index in [-0.39, 0.29) is 0 Å². The second kappa shape index (κ2) is 7.69. The van der Waals surface area contributed by atoms with Gasteiger partial charge < -0.3 is 14.8 Å². The van der Waals surface area contributed by atoms with Gasteiger partial charge in [-0.15, -0.1) is 0 Å². The molecule has 5 heteroatoms. The maximum absolute atomic E-state index is 5.94. The number of aromatic nitrogens is 2. The van der Waals surface area contributed by atoms with Gasteiger partial charge >= 0.3 is 0 Å². The maximum Gasteiger partial charge on any atom is 0.165 e. The average molecular weight is 289 g/mol. The third kappa shape index (κ3) is 4.49. The van der Waals surface area contributed by atoms with Gasteiger partial charge in [0, 0.05) is 30.5 Å². The molecule has 0 unspecified atom stereocenters. The summed E-state index contributed by atoms with van der Waals surface area (Å²) < 4.78 is 13.2. The second-order valence-corrected chi connectivity index (χ2v) is 5.10. The van der Waals surface area contributed by atoms with E-state index in [2.05, 4.69) is 30.3 Å². The van der Waals surface area contributed by atoms with Crippen LogP contribution in [0.2, 0.25) is 0 Å². The zero-order valence-electron chi connectivity index (χ0n) is 12.9. The van der Waals surface area contributed by atoms with E-state index in [9.17, 15) is 0 Å². The predicted molar refractivity (Wildman–Crippen MR) is 82.7 cm³/mol. The van der Waals surface area contributed by atoms with E-state index in [1.807, 2.05) is 29.1 Å². The van der Waals surface area contributed by atoms with Gasteiger partial charge in [0.2, 0.25) is 0 Å². The fourth-order valence-corrected chi connectivity index (χ4v) is 2.01. The largest absolute Gasteiger partial charge is 0.493 e. The molecule has 1 aromatic carbocycles. The van der Waals surface area contributed by atoms with Crippen molar-refractivity contribution in [2.75, 3.05) is 13.7 Å². The lowest BCUT2D eigenvalue weighted by atomic mass is 10.1. The molecule has 1 aromatic heterocycles.